The van der Waals surface area contributed by atoms with Crippen LogP contribution in [0.2, 0.25) is 0 Å². The van der Waals surface area contributed by atoms with Gasteiger partial charge in [-0.3, -0.25) is 0 Å². The summed E-state index contributed by atoms with van der Waals surface area (Å²) < 4.78 is 15.5. The van der Waals surface area contributed by atoms with Crippen LogP contribution in [0.15, 0.2) is 121 Å². The predicted octanol–water partition coefficient (Wildman–Crippen LogP) is 6.78. The molecule has 0 aromatic heterocycles. The molecule has 1 aliphatic heterocycles. The van der Waals surface area contributed by atoms with Crippen LogP contribution in [0.4, 0.5) is 0 Å². The minimum absolute atomic E-state index is 0.00322. The van der Waals surface area contributed by atoms with Crippen LogP contribution in [0.1, 0.15) is 26.7 Å². The Kier molecular flexibility index (Phi) is 6.61. The first kappa shape index (κ1) is 24.2. The Morgan fingerprint density at radius 1 is 0.571 bits per heavy atom. The van der Waals surface area contributed by atoms with Crippen molar-refractivity contribution in [3.8, 4) is 0 Å². The maximum atomic E-state index is 15.5. The molecule has 35 heavy (non-hydrogen) atoms. The molecule has 0 saturated carbocycles. The molecule has 0 aliphatic carbocycles. The van der Waals surface area contributed by atoms with Gasteiger partial charge in [0.1, 0.15) is 0 Å². The molecule has 0 spiro atoms. The van der Waals surface area contributed by atoms with Crippen molar-refractivity contribution in [3.05, 3.63) is 121 Å². The van der Waals surface area contributed by atoms with E-state index in [9.17, 15) is 0 Å². The van der Waals surface area contributed by atoms with Crippen molar-refractivity contribution in [1.29, 1.82) is 0 Å². The topological polar surface area (TPSA) is 17.1 Å². The van der Waals surface area contributed by atoms with Gasteiger partial charge in [0.25, 0.3) is 0 Å². The standard InChI is InChI=1S/C32H36OP2/c1-27(34(33,29-17-7-3-8-18-29)30-19-9-4-10-20-30)28(2)35(25-15-16-26-35,31-21-11-5-12-22-31)32-23-13-6-14-24-32/h3-14,17-24,27-28H,15-16,25-26H2,1-2H3. The maximum absolute atomic E-state index is 15.5. The summed E-state index contributed by atoms with van der Waals surface area (Å²) in [6, 6.07) is 43.1. The average molecular weight is 499 g/mol. The Hall–Kier alpha value is -2.46. The van der Waals surface area contributed by atoms with Gasteiger partial charge in [-0.25, -0.2) is 0 Å². The molecule has 1 fully saturated rings. The van der Waals surface area contributed by atoms with Crippen molar-refractivity contribution < 1.29 is 4.57 Å². The van der Waals surface area contributed by atoms with E-state index in [4.69, 9.17) is 0 Å². The van der Waals surface area contributed by atoms with Crippen molar-refractivity contribution in [3.63, 3.8) is 0 Å². The molecule has 1 saturated heterocycles. The summed E-state index contributed by atoms with van der Waals surface area (Å²) in [5.41, 5.74) is 0.281. The van der Waals surface area contributed by atoms with Gasteiger partial charge in [0, 0.05) is 0 Å². The normalized spacial score (nSPS) is 19.8. The second-order valence-electron chi connectivity index (χ2n) is 10.2. The first-order valence-electron chi connectivity index (χ1n) is 12.9. The molecule has 0 amide bonds. The molecule has 0 bridgehead atoms. The zero-order valence-corrected chi connectivity index (χ0v) is 22.6. The number of benzene rings is 4. The molecule has 1 aliphatic rings. The molecule has 2 atom stereocenters. The van der Waals surface area contributed by atoms with Gasteiger partial charge in [-0.2, -0.15) is 0 Å². The zero-order chi connectivity index (χ0) is 24.4. The van der Waals surface area contributed by atoms with Gasteiger partial charge >= 0.3 is 211 Å². The van der Waals surface area contributed by atoms with E-state index in [-0.39, 0.29) is 11.3 Å². The van der Waals surface area contributed by atoms with Crippen LogP contribution in [0.3, 0.4) is 0 Å². The summed E-state index contributed by atoms with van der Waals surface area (Å²) in [4.78, 5) is 0. The van der Waals surface area contributed by atoms with Crippen LogP contribution in [-0.2, 0) is 4.57 Å². The fraction of sp³-hybridized carbons (Fsp3) is 0.250. The van der Waals surface area contributed by atoms with Gasteiger partial charge in [0.2, 0.25) is 0 Å². The monoisotopic (exact) mass is 498 g/mol. The van der Waals surface area contributed by atoms with E-state index in [0.717, 1.165) is 10.6 Å². The van der Waals surface area contributed by atoms with Gasteiger partial charge in [-0.15, -0.1) is 0 Å². The van der Waals surface area contributed by atoms with Gasteiger partial charge in [-0.1, -0.05) is 0 Å². The molecule has 1 nitrogen and oxygen atoms in total. The molecule has 2 unspecified atom stereocenters. The van der Waals surface area contributed by atoms with Gasteiger partial charge in [0.05, 0.1) is 0 Å². The van der Waals surface area contributed by atoms with E-state index in [0.29, 0.717) is 0 Å². The molecule has 0 radical (unpaired) electrons. The third-order valence-corrected chi connectivity index (χ3v) is 21.1. The first-order valence-corrected chi connectivity index (χ1v) is 17.3. The van der Waals surface area contributed by atoms with Crippen LogP contribution < -0.4 is 21.2 Å². The van der Waals surface area contributed by atoms with E-state index in [1.165, 1.54) is 35.8 Å². The van der Waals surface area contributed by atoms with Crippen molar-refractivity contribution in [1.82, 2.24) is 0 Å². The molecule has 4 aromatic carbocycles. The summed E-state index contributed by atoms with van der Waals surface area (Å²) in [6.45, 7) is 2.05. The average Bonchev–Trinajstić information content (AvgIpc) is 3.42. The molecule has 5 rings (SSSR count). The second-order valence-corrected chi connectivity index (χ2v) is 19.3. The SMILES string of the molecule is CC(C(C)P1(c2ccccc2)(c2ccccc2)CCCC1)P(=O)(c1ccccc1)c1ccccc1. The van der Waals surface area contributed by atoms with Crippen LogP contribution >= 0.6 is 13.7 Å². The summed E-state index contributed by atoms with van der Waals surface area (Å²) >= 11 is 0. The van der Waals surface area contributed by atoms with Gasteiger partial charge in [-0.05, 0) is 0 Å². The Morgan fingerprint density at radius 3 is 1.29 bits per heavy atom. The number of hydrogen-bond acceptors (Lipinski definition) is 1. The second kappa shape index (κ2) is 9.54. The molecule has 4 aromatic rings. The third kappa shape index (κ3) is 3.67. The molecule has 0 N–H and O–H groups in total. The van der Waals surface area contributed by atoms with Crippen molar-refractivity contribution in [2.24, 2.45) is 0 Å². The van der Waals surface area contributed by atoms with Crippen LogP contribution in [0.5, 0.6) is 0 Å². The van der Waals surface area contributed by atoms with Crippen molar-refractivity contribution >= 4 is 35.0 Å². The van der Waals surface area contributed by atoms with Crippen molar-refractivity contribution in [2.45, 2.75) is 38.0 Å². The van der Waals surface area contributed by atoms with Gasteiger partial charge in [0.15, 0.2) is 0 Å². The van der Waals surface area contributed by atoms with E-state index < -0.39 is 13.7 Å². The van der Waals surface area contributed by atoms with Crippen LogP contribution in [-0.4, -0.2) is 23.6 Å². The fourth-order valence-electron chi connectivity index (χ4n) is 6.94. The summed E-state index contributed by atoms with van der Waals surface area (Å²) in [7, 11) is -2.92. The first-order chi connectivity index (χ1) is 17.0. The zero-order valence-electron chi connectivity index (χ0n) is 20.8. The van der Waals surface area contributed by atoms with E-state index in [1.807, 2.05) is 36.4 Å². The molecule has 180 valence electrons. The van der Waals surface area contributed by atoms with Crippen LogP contribution in [0.25, 0.3) is 0 Å². The molecular formula is C32H36OP2. The van der Waals surface area contributed by atoms with E-state index in [1.54, 1.807) is 0 Å². The Morgan fingerprint density at radius 2 is 0.914 bits per heavy atom. The summed E-state index contributed by atoms with van der Waals surface area (Å²) in [5.74, 6) is 0. The van der Waals surface area contributed by atoms with Crippen molar-refractivity contribution in [2.75, 3.05) is 12.3 Å². The Bertz CT molecular complexity index is 1210. The quantitative estimate of drug-likeness (QED) is 0.257. The van der Waals surface area contributed by atoms with Crippen LogP contribution in [0, 0.1) is 0 Å². The Labute approximate surface area is 210 Å². The predicted molar refractivity (Wildman–Crippen MR) is 157 cm³/mol. The van der Waals surface area contributed by atoms with E-state index in [2.05, 4.69) is 98.8 Å². The fourth-order valence-corrected chi connectivity index (χ4v) is 19.6. The van der Waals surface area contributed by atoms with Gasteiger partial charge < -0.3 is 0 Å². The third-order valence-electron chi connectivity index (χ3n) is 8.92. The number of hydrogen-bond donors (Lipinski definition) is 0. The molecule has 1 heterocycles. The molecule has 3 heteroatoms. The summed E-state index contributed by atoms with van der Waals surface area (Å²) in [6.07, 6.45) is 4.88. The Balaban J connectivity index is 1.78. The molecular weight excluding hydrogens is 462 g/mol. The number of rotatable bonds is 7. The van der Waals surface area contributed by atoms with E-state index >= 15 is 4.57 Å². The summed E-state index contributed by atoms with van der Waals surface area (Å²) in [5, 5.41) is 4.94. The minimum atomic E-state index is -2.92.